The van der Waals surface area contributed by atoms with E-state index in [1.165, 1.54) is 15.6 Å². The Hall–Kier alpha value is -2.87. The van der Waals surface area contributed by atoms with Gasteiger partial charge in [-0.2, -0.15) is 5.10 Å². The third-order valence-electron chi connectivity index (χ3n) is 5.55. The van der Waals surface area contributed by atoms with Crippen LogP contribution in [0.2, 0.25) is 5.02 Å². The molecule has 0 aliphatic carbocycles. The second-order valence-electron chi connectivity index (χ2n) is 8.58. The van der Waals surface area contributed by atoms with E-state index in [1.54, 1.807) is 32.0 Å². The molecule has 2 amide bonds. The zero-order valence-electron chi connectivity index (χ0n) is 19.1. The van der Waals surface area contributed by atoms with Crippen molar-refractivity contribution in [3.05, 3.63) is 46.2 Å². The highest BCUT2D eigenvalue weighted by atomic mass is 35.5. The van der Waals surface area contributed by atoms with Crippen molar-refractivity contribution in [3.8, 4) is 0 Å². The number of hydrogen-bond donors (Lipinski definition) is 1. The molecule has 0 radical (unpaired) electrons. The van der Waals surface area contributed by atoms with Gasteiger partial charge >= 0.3 is 5.97 Å². The lowest BCUT2D eigenvalue weighted by molar-refractivity contribution is -0.126. The van der Waals surface area contributed by atoms with E-state index >= 15 is 0 Å². The third kappa shape index (κ3) is 4.50. The first-order valence-electron chi connectivity index (χ1n) is 10.7. The van der Waals surface area contributed by atoms with Gasteiger partial charge in [-0.3, -0.25) is 19.2 Å². The van der Waals surface area contributed by atoms with Gasteiger partial charge < -0.3 is 10.1 Å². The van der Waals surface area contributed by atoms with E-state index in [0.717, 1.165) is 12.0 Å². The molecule has 0 bridgehead atoms. The molecule has 1 aromatic heterocycles. The molecule has 2 aromatic rings. The van der Waals surface area contributed by atoms with Crippen LogP contribution in [0.3, 0.4) is 0 Å². The maximum absolute atomic E-state index is 13.6. The Morgan fingerprint density at radius 2 is 2.03 bits per heavy atom. The summed E-state index contributed by atoms with van der Waals surface area (Å²) >= 11 is 6.34. The quantitative estimate of drug-likeness (QED) is 0.637. The highest BCUT2D eigenvalue weighted by Crippen LogP contribution is 2.35. The molecule has 1 atom stereocenters. The number of fused-ring (bicyclic) bond motifs is 1. The van der Waals surface area contributed by atoms with Crippen molar-refractivity contribution in [2.45, 2.75) is 53.1 Å². The molecule has 9 heteroatoms. The number of hydrogen-bond acceptors (Lipinski definition) is 5. The number of anilines is 1. The molecule has 0 saturated carbocycles. The summed E-state index contributed by atoms with van der Waals surface area (Å²) in [4.78, 5) is 40.6. The largest absolute Gasteiger partial charge is 0.461 e. The maximum atomic E-state index is 13.6. The molecule has 32 heavy (non-hydrogen) atoms. The Kier molecular flexibility index (Phi) is 6.93. The lowest BCUT2D eigenvalue weighted by Crippen LogP contribution is -2.64. The number of nitrogens with zero attached hydrogens (tertiary/aromatic N) is 3. The minimum atomic E-state index is -1.28. The summed E-state index contributed by atoms with van der Waals surface area (Å²) in [6.45, 7) is 10.2. The zero-order chi connectivity index (χ0) is 23.6. The van der Waals surface area contributed by atoms with E-state index in [2.05, 4.69) is 24.3 Å². The number of esters is 1. The standard InChI is InChI=1S/C23H29ClN4O4/c1-6-32-21(30)18-12-19-20(29)28(16-8-7-15(4)17(24)11-16)23(5,13-27(19)26-18)22(31)25-10-9-14(2)3/h7-8,11-12,14H,6,9-10,13H2,1-5H3,(H,25,31). The van der Waals surface area contributed by atoms with Crippen LogP contribution in [0.5, 0.6) is 0 Å². The van der Waals surface area contributed by atoms with E-state index in [0.29, 0.717) is 23.2 Å². The predicted molar refractivity (Wildman–Crippen MR) is 122 cm³/mol. The molecule has 1 aliphatic heterocycles. The van der Waals surface area contributed by atoms with Crippen LogP contribution in [-0.2, 0) is 16.1 Å². The fourth-order valence-electron chi connectivity index (χ4n) is 3.68. The van der Waals surface area contributed by atoms with E-state index in [9.17, 15) is 14.4 Å². The Morgan fingerprint density at radius 1 is 1.31 bits per heavy atom. The van der Waals surface area contributed by atoms with Gasteiger partial charge in [0.25, 0.3) is 5.91 Å². The van der Waals surface area contributed by atoms with Gasteiger partial charge in [0, 0.05) is 23.3 Å². The number of nitrogens with one attached hydrogen (secondary N) is 1. The smallest absolute Gasteiger partial charge is 0.358 e. The highest BCUT2D eigenvalue weighted by molar-refractivity contribution is 6.31. The van der Waals surface area contributed by atoms with Gasteiger partial charge in [-0.25, -0.2) is 4.79 Å². The topological polar surface area (TPSA) is 93.5 Å². The second kappa shape index (κ2) is 9.32. The Morgan fingerprint density at radius 3 is 2.66 bits per heavy atom. The fraction of sp³-hybridized carbons (Fsp3) is 0.478. The summed E-state index contributed by atoms with van der Waals surface area (Å²) in [6.07, 6.45) is 0.812. The zero-order valence-corrected chi connectivity index (χ0v) is 19.8. The molecule has 3 rings (SSSR count). The average molecular weight is 461 g/mol. The van der Waals surface area contributed by atoms with Gasteiger partial charge in [0.05, 0.1) is 13.2 Å². The fourth-order valence-corrected chi connectivity index (χ4v) is 3.85. The molecule has 2 heterocycles. The lowest BCUT2D eigenvalue weighted by Gasteiger charge is -2.43. The molecule has 172 valence electrons. The van der Waals surface area contributed by atoms with Crippen molar-refractivity contribution in [1.29, 1.82) is 0 Å². The van der Waals surface area contributed by atoms with Gasteiger partial charge in [0.2, 0.25) is 5.91 Å². The van der Waals surface area contributed by atoms with Crippen LogP contribution >= 0.6 is 11.6 Å². The molecular weight excluding hydrogens is 432 g/mol. The Bertz CT molecular complexity index is 1050. The molecule has 1 N–H and O–H groups in total. The van der Waals surface area contributed by atoms with Gasteiger partial charge in [0.15, 0.2) is 5.69 Å². The molecule has 1 aromatic carbocycles. The van der Waals surface area contributed by atoms with Crippen LogP contribution < -0.4 is 10.2 Å². The van der Waals surface area contributed by atoms with Gasteiger partial charge in [-0.05, 0) is 50.8 Å². The van der Waals surface area contributed by atoms with E-state index < -0.39 is 17.4 Å². The molecule has 0 spiro atoms. The van der Waals surface area contributed by atoms with Crippen LogP contribution in [0, 0.1) is 12.8 Å². The maximum Gasteiger partial charge on any atom is 0.358 e. The van der Waals surface area contributed by atoms with Crippen LogP contribution in [0.15, 0.2) is 24.3 Å². The predicted octanol–water partition coefficient (Wildman–Crippen LogP) is 3.60. The van der Waals surface area contributed by atoms with Crippen LogP contribution in [0.1, 0.15) is 60.7 Å². The van der Waals surface area contributed by atoms with Crippen molar-refractivity contribution < 1.29 is 19.1 Å². The number of aromatic nitrogens is 2. The minimum Gasteiger partial charge on any atom is -0.461 e. The van der Waals surface area contributed by atoms with Gasteiger partial charge in [0.1, 0.15) is 11.2 Å². The monoisotopic (exact) mass is 460 g/mol. The van der Waals surface area contributed by atoms with Crippen LogP contribution in [-0.4, -0.2) is 46.3 Å². The number of ether oxygens (including phenoxy) is 1. The summed E-state index contributed by atoms with van der Waals surface area (Å²) in [5, 5.41) is 7.70. The molecule has 1 aliphatic rings. The summed E-state index contributed by atoms with van der Waals surface area (Å²) in [5.74, 6) is -0.939. The summed E-state index contributed by atoms with van der Waals surface area (Å²) in [6, 6.07) is 6.64. The highest BCUT2D eigenvalue weighted by Gasteiger charge is 2.49. The number of carbonyl (C=O) groups is 3. The molecule has 1 unspecified atom stereocenters. The number of halogens is 1. The number of rotatable bonds is 7. The SMILES string of the molecule is CCOC(=O)c1cc2n(n1)CC(C)(C(=O)NCCC(C)C)N(c1ccc(C)c(Cl)c1)C2=O. The minimum absolute atomic E-state index is 0.0292. The van der Waals surface area contributed by atoms with E-state index in [1.807, 2.05) is 6.92 Å². The second-order valence-corrected chi connectivity index (χ2v) is 8.99. The molecule has 0 saturated heterocycles. The Labute approximate surface area is 192 Å². The van der Waals surface area contributed by atoms with Crippen molar-refractivity contribution in [3.63, 3.8) is 0 Å². The van der Waals surface area contributed by atoms with E-state index in [4.69, 9.17) is 16.3 Å². The van der Waals surface area contributed by atoms with Crippen LogP contribution in [0.25, 0.3) is 0 Å². The van der Waals surface area contributed by atoms with Crippen LogP contribution in [0.4, 0.5) is 5.69 Å². The number of benzene rings is 1. The summed E-state index contributed by atoms with van der Waals surface area (Å²) in [7, 11) is 0. The molecule has 0 fully saturated rings. The summed E-state index contributed by atoms with van der Waals surface area (Å²) in [5.41, 5.74) is 0.311. The molecule has 8 nitrogen and oxygen atoms in total. The molecular formula is C23H29ClN4O4. The summed E-state index contributed by atoms with van der Waals surface area (Å²) < 4.78 is 6.43. The van der Waals surface area contributed by atoms with E-state index in [-0.39, 0.29) is 30.4 Å². The number of amides is 2. The van der Waals surface area contributed by atoms with Gasteiger partial charge in [-0.15, -0.1) is 0 Å². The first-order valence-corrected chi connectivity index (χ1v) is 11.1. The number of aryl methyl sites for hydroxylation is 1. The third-order valence-corrected chi connectivity index (χ3v) is 5.96. The first-order chi connectivity index (χ1) is 15.1. The normalized spacial score (nSPS) is 18.0. The van der Waals surface area contributed by atoms with Crippen molar-refractivity contribution in [2.75, 3.05) is 18.1 Å². The average Bonchev–Trinajstić information content (AvgIpc) is 3.14. The Balaban J connectivity index is 2.06. The van der Waals surface area contributed by atoms with Gasteiger partial charge in [-0.1, -0.05) is 31.5 Å². The lowest BCUT2D eigenvalue weighted by atomic mass is 9.93. The van der Waals surface area contributed by atoms with Crippen molar-refractivity contribution in [1.82, 2.24) is 15.1 Å². The van der Waals surface area contributed by atoms with Crippen molar-refractivity contribution >= 4 is 35.1 Å². The number of carbonyl (C=O) groups excluding carboxylic acids is 3. The first kappa shape index (κ1) is 23.8. The van der Waals surface area contributed by atoms with Crippen molar-refractivity contribution in [2.24, 2.45) is 5.92 Å².